The van der Waals surface area contributed by atoms with Crippen molar-refractivity contribution in [3.05, 3.63) is 12.7 Å². The Balaban J connectivity index is 1.52. The topological polar surface area (TPSA) is 134 Å². The van der Waals surface area contributed by atoms with E-state index in [2.05, 4.69) is 29.5 Å². The Morgan fingerprint density at radius 3 is 2.40 bits per heavy atom. The predicted octanol–water partition coefficient (Wildman–Crippen LogP) is 3.64. The van der Waals surface area contributed by atoms with Crippen molar-refractivity contribution >= 4 is 52.8 Å². The number of nitrogens with one attached hydrogen (secondary N) is 3. The fourth-order valence-electron chi connectivity index (χ4n) is 6.96. The molecule has 234 valence electrons. The highest BCUT2D eigenvalue weighted by Gasteiger charge is 2.74. The molecule has 42 heavy (non-hydrogen) atoms. The lowest BCUT2D eigenvalue weighted by Gasteiger charge is -2.36. The molecule has 0 aromatic carbocycles. The van der Waals surface area contributed by atoms with Gasteiger partial charge in [0.05, 0.1) is 6.04 Å². The van der Waals surface area contributed by atoms with E-state index in [1.54, 1.807) is 0 Å². The fourth-order valence-corrected chi connectivity index (χ4v) is 7.79. The number of ketones is 1. The molecule has 4 fully saturated rings. The molecule has 4 rings (SSSR count). The smallest absolute Gasteiger partial charge is 0.408 e. The molecule has 4 amide bonds. The zero-order chi connectivity index (χ0) is 30.6. The summed E-state index contributed by atoms with van der Waals surface area (Å²) < 4.78 is 4.50. The van der Waals surface area contributed by atoms with E-state index in [-0.39, 0.29) is 43.4 Å². The van der Waals surface area contributed by atoms with Crippen LogP contribution in [0, 0.1) is 23.7 Å². The van der Waals surface area contributed by atoms with Crippen molar-refractivity contribution in [1.29, 1.82) is 0 Å². The summed E-state index contributed by atoms with van der Waals surface area (Å²) in [7, 11) is 0. The second-order valence-corrected chi connectivity index (χ2v) is 13.9. The summed E-state index contributed by atoms with van der Waals surface area (Å²) in [5.41, 5.74) is 0. The monoisotopic (exact) mass is 626 g/mol. The van der Waals surface area contributed by atoms with Gasteiger partial charge in [0, 0.05) is 24.9 Å². The number of alkyl halides is 2. The summed E-state index contributed by atoms with van der Waals surface area (Å²) in [4.78, 5) is 67.6. The minimum Gasteiger partial charge on any atom is -0.446 e. The van der Waals surface area contributed by atoms with Gasteiger partial charge in [0.2, 0.25) is 17.6 Å². The molecular weight excluding hydrogens is 583 g/mol. The quantitative estimate of drug-likeness (QED) is 0.172. The summed E-state index contributed by atoms with van der Waals surface area (Å²) in [6.45, 7) is 7.76. The molecule has 3 saturated carbocycles. The second-order valence-electron chi connectivity index (χ2n) is 12.4. The molecule has 12 heteroatoms. The average Bonchev–Trinajstić information content (AvgIpc) is 3.30. The molecule has 2 unspecified atom stereocenters. The number of alkyl carbamates (subject to hydrolysis) is 1. The molecule has 0 aromatic rings. The molecule has 0 spiro atoms. The number of rotatable bonds is 12. The van der Waals surface area contributed by atoms with E-state index in [1.807, 2.05) is 6.92 Å². The number of hydrogen-bond acceptors (Lipinski definition) is 6. The number of carbonyl (C=O) groups excluding carboxylic acids is 5. The molecule has 0 bridgehead atoms. The van der Waals surface area contributed by atoms with Crippen LogP contribution in [-0.2, 0) is 23.9 Å². The summed E-state index contributed by atoms with van der Waals surface area (Å²) in [6.07, 6.45) is 8.53. The van der Waals surface area contributed by atoms with Crippen LogP contribution in [0.2, 0.25) is 0 Å². The van der Waals surface area contributed by atoms with Crippen LogP contribution in [0.15, 0.2) is 12.7 Å². The van der Waals surface area contributed by atoms with Crippen molar-refractivity contribution in [2.45, 2.75) is 107 Å². The van der Waals surface area contributed by atoms with Gasteiger partial charge < -0.3 is 25.6 Å². The maximum Gasteiger partial charge on any atom is 0.408 e. The van der Waals surface area contributed by atoms with Crippen molar-refractivity contribution in [1.82, 2.24) is 20.9 Å². The fraction of sp³-hybridized carbons (Fsp3) is 0.767. The Labute approximate surface area is 258 Å². The van der Waals surface area contributed by atoms with Crippen molar-refractivity contribution in [3.8, 4) is 0 Å². The largest absolute Gasteiger partial charge is 0.446 e. The number of carbonyl (C=O) groups is 5. The van der Waals surface area contributed by atoms with Gasteiger partial charge in [-0.15, -0.1) is 29.8 Å². The zero-order valence-electron chi connectivity index (χ0n) is 24.5. The lowest BCUT2D eigenvalue weighted by atomic mass is 9.83. The summed E-state index contributed by atoms with van der Waals surface area (Å²) in [6, 6.07) is -2.97. The van der Waals surface area contributed by atoms with Gasteiger partial charge in [-0.1, -0.05) is 45.6 Å². The number of fused-ring (bicyclic) bond motifs is 1. The summed E-state index contributed by atoms with van der Waals surface area (Å²) in [5, 5.41) is 8.03. The molecule has 1 aliphatic heterocycles. The van der Waals surface area contributed by atoms with Crippen LogP contribution in [0.3, 0.4) is 0 Å². The van der Waals surface area contributed by atoms with Gasteiger partial charge in [-0.05, 0) is 50.4 Å². The third kappa shape index (κ3) is 7.24. The van der Waals surface area contributed by atoms with Gasteiger partial charge >= 0.3 is 6.09 Å². The first kappa shape index (κ1) is 32.6. The number of amides is 4. The first-order valence-corrected chi connectivity index (χ1v) is 16.1. The molecule has 3 N–H and O–H groups in total. The lowest BCUT2D eigenvalue weighted by molar-refractivity contribution is -0.144. The van der Waals surface area contributed by atoms with Crippen LogP contribution in [0.1, 0.15) is 78.1 Å². The number of ether oxygens (including phenoxy) is 1. The van der Waals surface area contributed by atoms with E-state index in [9.17, 15) is 24.0 Å². The molecule has 7 atom stereocenters. The molecule has 1 saturated heterocycles. The van der Waals surface area contributed by atoms with Gasteiger partial charge in [0.25, 0.3) is 5.91 Å². The van der Waals surface area contributed by atoms with Crippen LogP contribution >= 0.6 is 23.2 Å². The standard InChI is InChI=1S/C30H44Cl2N4O6/c1-4-9-21(25(37)27(39)33-14-5-2)34-26(38)24-22-20(30(22,31)32)16-36(24)28(40)23(18-10-7-6-8-11-18)35-29(41)42-19-13-12-17(3)15-19/h5,17-24H,2,4,6-16H2,1,3H3,(H,33,39)(H,34,38)(H,35,41)/t17?,19?,20-,21-,22-,23-,24-/m0/s1. The highest BCUT2D eigenvalue weighted by molar-refractivity contribution is 6.51. The van der Waals surface area contributed by atoms with E-state index >= 15 is 0 Å². The average molecular weight is 628 g/mol. The number of nitrogens with zero attached hydrogens (tertiary/aromatic N) is 1. The Morgan fingerprint density at radius 2 is 1.79 bits per heavy atom. The van der Waals surface area contributed by atoms with Crippen molar-refractivity contribution in [3.63, 3.8) is 0 Å². The molecule has 0 aromatic heterocycles. The number of likely N-dealkylation sites (tertiary alicyclic amines) is 1. The van der Waals surface area contributed by atoms with E-state index in [4.69, 9.17) is 27.9 Å². The molecule has 1 heterocycles. The van der Waals surface area contributed by atoms with Crippen LogP contribution in [0.4, 0.5) is 4.79 Å². The predicted molar refractivity (Wildman–Crippen MR) is 159 cm³/mol. The third-order valence-electron chi connectivity index (χ3n) is 9.31. The normalized spacial score (nSPS) is 29.5. The molecule has 10 nitrogen and oxygen atoms in total. The summed E-state index contributed by atoms with van der Waals surface area (Å²) in [5.74, 6) is -3.03. The van der Waals surface area contributed by atoms with Crippen LogP contribution in [-0.4, -0.2) is 76.2 Å². The minimum absolute atomic E-state index is 0.0957. The maximum atomic E-state index is 14.2. The number of hydrogen-bond donors (Lipinski definition) is 3. The second kappa shape index (κ2) is 14.0. The van der Waals surface area contributed by atoms with E-state index < -0.39 is 52.1 Å². The Morgan fingerprint density at radius 1 is 1.07 bits per heavy atom. The molecule has 0 radical (unpaired) electrons. The van der Waals surface area contributed by atoms with Crippen LogP contribution in [0.25, 0.3) is 0 Å². The Bertz CT molecular complexity index is 1060. The minimum atomic E-state index is -1.18. The number of halogens is 2. The van der Waals surface area contributed by atoms with E-state index in [0.717, 1.165) is 51.4 Å². The third-order valence-corrected chi connectivity index (χ3v) is 10.4. The molecule has 3 aliphatic carbocycles. The zero-order valence-corrected chi connectivity index (χ0v) is 26.1. The van der Waals surface area contributed by atoms with E-state index in [1.165, 1.54) is 11.0 Å². The highest BCUT2D eigenvalue weighted by atomic mass is 35.5. The van der Waals surface area contributed by atoms with Crippen molar-refractivity contribution in [2.24, 2.45) is 23.7 Å². The van der Waals surface area contributed by atoms with Crippen LogP contribution < -0.4 is 16.0 Å². The van der Waals surface area contributed by atoms with Gasteiger partial charge in [-0.2, -0.15) is 0 Å². The Hall–Kier alpha value is -2.33. The number of piperidine rings is 1. The molecule has 4 aliphatic rings. The molecular formula is C30H44Cl2N4O6. The lowest BCUT2D eigenvalue weighted by Crippen LogP contribution is -2.59. The highest BCUT2D eigenvalue weighted by Crippen LogP contribution is 2.65. The first-order chi connectivity index (χ1) is 20.0. The van der Waals surface area contributed by atoms with Crippen molar-refractivity contribution < 1.29 is 28.7 Å². The van der Waals surface area contributed by atoms with Gasteiger partial charge in [0.15, 0.2) is 0 Å². The number of Topliss-reactive ketones (excluding diaryl/α,β-unsaturated/α-hetero) is 1. The van der Waals surface area contributed by atoms with E-state index in [0.29, 0.717) is 12.3 Å². The Kier molecular flexibility index (Phi) is 10.8. The van der Waals surface area contributed by atoms with Gasteiger partial charge in [-0.25, -0.2) is 4.79 Å². The van der Waals surface area contributed by atoms with Crippen LogP contribution in [0.5, 0.6) is 0 Å². The first-order valence-electron chi connectivity index (χ1n) is 15.4. The summed E-state index contributed by atoms with van der Waals surface area (Å²) >= 11 is 13.0. The SMILES string of the molecule is C=CCNC(=O)C(=O)[C@H](CCC)NC(=O)[C@@H]1[C@@H]2[C@H](CN1C(=O)[C@@H](NC(=O)OC1CCC(C)C1)C1CCCCC1)C2(Cl)Cl. The maximum absolute atomic E-state index is 14.2. The van der Waals surface area contributed by atoms with Gasteiger partial charge in [-0.3, -0.25) is 19.2 Å². The van der Waals surface area contributed by atoms with Gasteiger partial charge in [0.1, 0.15) is 22.5 Å². The van der Waals surface area contributed by atoms with Crippen molar-refractivity contribution in [2.75, 3.05) is 13.1 Å².